The minimum Gasteiger partial charge on any atom is -0.387 e. The summed E-state index contributed by atoms with van der Waals surface area (Å²) in [5.74, 6) is 0. The maximum absolute atomic E-state index is 10.3. The zero-order valence-corrected chi connectivity index (χ0v) is 12.0. The number of nitrogens with one attached hydrogen (secondary N) is 1. The highest BCUT2D eigenvalue weighted by molar-refractivity contribution is 5.76. The molecule has 0 amide bonds. The van der Waals surface area contributed by atoms with Crippen LogP contribution < -0.4 is 5.32 Å². The van der Waals surface area contributed by atoms with E-state index in [9.17, 15) is 5.11 Å². The van der Waals surface area contributed by atoms with Gasteiger partial charge in [-0.1, -0.05) is 25.3 Å². The SMILES string of the molecule is Cn1cnc2cc(C(O)CNC3CCCCC3)ccc21. The van der Waals surface area contributed by atoms with Crippen LogP contribution in [-0.4, -0.2) is 27.2 Å². The summed E-state index contributed by atoms with van der Waals surface area (Å²) >= 11 is 0. The normalized spacial score (nSPS) is 18.5. The molecular formula is C16H23N3O. The van der Waals surface area contributed by atoms with Crippen LogP contribution >= 0.6 is 0 Å². The third-order valence-corrected chi connectivity index (χ3v) is 4.34. The summed E-state index contributed by atoms with van der Waals surface area (Å²) < 4.78 is 1.99. The number of aliphatic hydroxyl groups excluding tert-OH is 1. The molecule has 1 aromatic heterocycles. The highest BCUT2D eigenvalue weighted by Crippen LogP contribution is 2.21. The molecule has 0 saturated heterocycles. The molecule has 1 aliphatic rings. The average Bonchev–Trinajstić information content (AvgIpc) is 2.87. The van der Waals surface area contributed by atoms with Crippen molar-refractivity contribution in [3.63, 3.8) is 0 Å². The predicted molar refractivity (Wildman–Crippen MR) is 80.5 cm³/mol. The van der Waals surface area contributed by atoms with Crippen molar-refractivity contribution in [1.82, 2.24) is 14.9 Å². The summed E-state index contributed by atoms with van der Waals surface area (Å²) in [6.45, 7) is 0.628. The number of hydrogen-bond acceptors (Lipinski definition) is 3. The summed E-state index contributed by atoms with van der Waals surface area (Å²) in [4.78, 5) is 4.34. The van der Waals surface area contributed by atoms with E-state index in [4.69, 9.17) is 0 Å². The van der Waals surface area contributed by atoms with Crippen LogP contribution in [0.5, 0.6) is 0 Å². The first kappa shape index (κ1) is 13.6. The van der Waals surface area contributed by atoms with E-state index in [1.807, 2.05) is 29.8 Å². The van der Waals surface area contributed by atoms with Crippen molar-refractivity contribution in [1.29, 1.82) is 0 Å². The van der Waals surface area contributed by atoms with Crippen molar-refractivity contribution >= 4 is 11.0 Å². The van der Waals surface area contributed by atoms with E-state index in [0.29, 0.717) is 12.6 Å². The molecule has 4 nitrogen and oxygen atoms in total. The summed E-state index contributed by atoms with van der Waals surface area (Å²) in [5, 5.41) is 13.8. The number of aromatic nitrogens is 2. The van der Waals surface area contributed by atoms with Crippen molar-refractivity contribution in [2.45, 2.75) is 44.2 Å². The molecule has 1 unspecified atom stereocenters. The molecule has 20 heavy (non-hydrogen) atoms. The highest BCUT2D eigenvalue weighted by Gasteiger charge is 2.15. The minimum absolute atomic E-state index is 0.455. The molecule has 0 bridgehead atoms. The van der Waals surface area contributed by atoms with Crippen molar-refractivity contribution in [2.75, 3.05) is 6.54 Å². The van der Waals surface area contributed by atoms with E-state index < -0.39 is 6.10 Å². The molecule has 108 valence electrons. The van der Waals surface area contributed by atoms with Crippen molar-refractivity contribution < 1.29 is 5.11 Å². The number of imidazole rings is 1. The monoisotopic (exact) mass is 273 g/mol. The quantitative estimate of drug-likeness (QED) is 0.900. The Morgan fingerprint density at radius 2 is 2.15 bits per heavy atom. The third-order valence-electron chi connectivity index (χ3n) is 4.34. The van der Waals surface area contributed by atoms with E-state index in [1.54, 1.807) is 6.33 Å². The number of hydrogen-bond donors (Lipinski definition) is 2. The summed E-state index contributed by atoms with van der Waals surface area (Å²) in [6, 6.07) is 6.60. The Balaban J connectivity index is 1.64. The van der Waals surface area contributed by atoms with E-state index in [-0.39, 0.29) is 0 Å². The zero-order valence-electron chi connectivity index (χ0n) is 12.0. The Labute approximate surface area is 119 Å². The highest BCUT2D eigenvalue weighted by atomic mass is 16.3. The molecule has 1 aromatic carbocycles. The van der Waals surface area contributed by atoms with Crippen molar-refractivity contribution in [3.05, 3.63) is 30.1 Å². The van der Waals surface area contributed by atoms with E-state index in [1.165, 1.54) is 32.1 Å². The fourth-order valence-corrected chi connectivity index (χ4v) is 3.06. The molecule has 0 spiro atoms. The van der Waals surface area contributed by atoms with Gasteiger partial charge in [-0.05, 0) is 30.5 Å². The number of aliphatic hydroxyl groups is 1. The first-order valence-corrected chi connectivity index (χ1v) is 7.56. The number of nitrogens with zero attached hydrogens (tertiary/aromatic N) is 2. The largest absolute Gasteiger partial charge is 0.387 e. The van der Waals surface area contributed by atoms with Crippen molar-refractivity contribution in [3.8, 4) is 0 Å². The van der Waals surface area contributed by atoms with Gasteiger partial charge in [0.05, 0.1) is 23.5 Å². The van der Waals surface area contributed by atoms with Gasteiger partial charge < -0.3 is 15.0 Å². The summed E-state index contributed by atoms with van der Waals surface area (Å²) in [5.41, 5.74) is 2.99. The Kier molecular flexibility index (Phi) is 4.03. The molecule has 1 heterocycles. The Bertz CT molecular complexity index is 572. The summed E-state index contributed by atoms with van der Waals surface area (Å²) in [6.07, 6.45) is 7.82. The second-order valence-electron chi connectivity index (χ2n) is 5.86. The maximum atomic E-state index is 10.3. The lowest BCUT2D eigenvalue weighted by molar-refractivity contribution is 0.165. The van der Waals surface area contributed by atoms with E-state index in [2.05, 4.69) is 10.3 Å². The molecule has 1 fully saturated rings. The van der Waals surface area contributed by atoms with Gasteiger partial charge in [-0.2, -0.15) is 0 Å². The Hall–Kier alpha value is -1.39. The van der Waals surface area contributed by atoms with E-state index >= 15 is 0 Å². The van der Waals surface area contributed by atoms with Crippen LogP contribution in [0.2, 0.25) is 0 Å². The lowest BCUT2D eigenvalue weighted by Crippen LogP contribution is -2.34. The van der Waals surface area contributed by atoms with Gasteiger partial charge >= 0.3 is 0 Å². The zero-order chi connectivity index (χ0) is 13.9. The number of aryl methyl sites for hydroxylation is 1. The third kappa shape index (κ3) is 2.86. The molecule has 4 heteroatoms. The molecule has 0 radical (unpaired) electrons. The second-order valence-corrected chi connectivity index (χ2v) is 5.86. The molecule has 2 aromatic rings. The predicted octanol–water partition coefficient (Wildman–Crippen LogP) is 2.53. The van der Waals surface area contributed by atoms with E-state index in [0.717, 1.165) is 16.6 Å². The van der Waals surface area contributed by atoms with Gasteiger partial charge in [0.1, 0.15) is 0 Å². The lowest BCUT2D eigenvalue weighted by atomic mass is 9.95. The second kappa shape index (κ2) is 5.94. The van der Waals surface area contributed by atoms with Crippen LogP contribution in [0.15, 0.2) is 24.5 Å². The van der Waals surface area contributed by atoms with Crippen LogP contribution in [0, 0.1) is 0 Å². The Morgan fingerprint density at radius 3 is 2.95 bits per heavy atom. The Morgan fingerprint density at radius 1 is 1.35 bits per heavy atom. The topological polar surface area (TPSA) is 50.1 Å². The fourth-order valence-electron chi connectivity index (χ4n) is 3.06. The first-order valence-electron chi connectivity index (χ1n) is 7.56. The smallest absolute Gasteiger partial charge is 0.0955 e. The molecule has 3 rings (SSSR count). The molecule has 1 atom stereocenters. The molecular weight excluding hydrogens is 250 g/mol. The average molecular weight is 273 g/mol. The van der Waals surface area contributed by atoms with Gasteiger partial charge in [0.2, 0.25) is 0 Å². The first-order chi connectivity index (χ1) is 9.74. The van der Waals surface area contributed by atoms with Crippen LogP contribution in [0.4, 0.5) is 0 Å². The van der Waals surface area contributed by atoms with Gasteiger partial charge in [0.25, 0.3) is 0 Å². The number of rotatable bonds is 4. The van der Waals surface area contributed by atoms with Crippen LogP contribution in [0.3, 0.4) is 0 Å². The van der Waals surface area contributed by atoms with Crippen LogP contribution in [-0.2, 0) is 7.05 Å². The van der Waals surface area contributed by atoms with Gasteiger partial charge in [-0.3, -0.25) is 0 Å². The maximum Gasteiger partial charge on any atom is 0.0955 e. The van der Waals surface area contributed by atoms with Gasteiger partial charge in [-0.25, -0.2) is 4.98 Å². The molecule has 1 aliphatic carbocycles. The molecule has 1 saturated carbocycles. The summed E-state index contributed by atoms with van der Waals surface area (Å²) in [7, 11) is 1.98. The minimum atomic E-state index is -0.455. The lowest BCUT2D eigenvalue weighted by Gasteiger charge is -2.24. The van der Waals surface area contributed by atoms with Crippen LogP contribution in [0.25, 0.3) is 11.0 Å². The molecule has 0 aliphatic heterocycles. The fraction of sp³-hybridized carbons (Fsp3) is 0.562. The van der Waals surface area contributed by atoms with Gasteiger partial charge in [0, 0.05) is 19.6 Å². The number of fused-ring (bicyclic) bond motifs is 1. The number of benzene rings is 1. The van der Waals surface area contributed by atoms with Gasteiger partial charge in [-0.15, -0.1) is 0 Å². The standard InChI is InChI=1S/C16H23N3O/c1-19-11-18-14-9-12(7-8-15(14)19)16(20)10-17-13-5-3-2-4-6-13/h7-9,11,13,16-17,20H,2-6,10H2,1H3. The van der Waals surface area contributed by atoms with Crippen molar-refractivity contribution in [2.24, 2.45) is 7.05 Å². The van der Waals surface area contributed by atoms with Gasteiger partial charge in [0.15, 0.2) is 0 Å². The van der Waals surface area contributed by atoms with Crippen LogP contribution in [0.1, 0.15) is 43.8 Å². The molecule has 2 N–H and O–H groups in total.